The van der Waals surface area contributed by atoms with Crippen molar-refractivity contribution in [2.75, 3.05) is 6.26 Å². The summed E-state index contributed by atoms with van der Waals surface area (Å²) in [5, 5.41) is 0. The minimum Gasteiger partial charge on any atom is -0.271 e. The zero-order chi connectivity index (χ0) is 13.1. The van der Waals surface area contributed by atoms with Gasteiger partial charge in [-0.05, 0) is 39.5 Å². The maximum atomic E-state index is 11.9. The number of nitrogens with one attached hydrogen (secondary N) is 1. The van der Waals surface area contributed by atoms with Crippen molar-refractivity contribution in [1.29, 1.82) is 0 Å². The number of rotatable bonds is 4. The zero-order valence-electron chi connectivity index (χ0n) is 11.0. The predicted molar refractivity (Wildman–Crippen MR) is 71.2 cm³/mol. The summed E-state index contributed by atoms with van der Waals surface area (Å²) in [6, 6.07) is -0.296. The second kappa shape index (κ2) is 5.50. The van der Waals surface area contributed by atoms with Crippen LogP contribution in [0.2, 0.25) is 0 Å². The van der Waals surface area contributed by atoms with Gasteiger partial charge in [0.15, 0.2) is 9.84 Å². The molecule has 0 amide bonds. The normalized spacial score (nSPS) is 20.6. The van der Waals surface area contributed by atoms with Gasteiger partial charge in [-0.25, -0.2) is 8.42 Å². The Bertz CT molecular complexity index is 385. The van der Waals surface area contributed by atoms with Gasteiger partial charge in [-0.2, -0.15) is 0 Å². The van der Waals surface area contributed by atoms with Gasteiger partial charge in [-0.1, -0.05) is 18.1 Å². The van der Waals surface area contributed by atoms with Crippen LogP contribution in [0.25, 0.3) is 0 Å². The molecule has 5 heteroatoms. The molecule has 0 radical (unpaired) electrons. The maximum absolute atomic E-state index is 11.9. The molecular weight excluding hydrogens is 236 g/mol. The molecule has 0 aromatic rings. The van der Waals surface area contributed by atoms with Crippen LogP contribution < -0.4 is 11.3 Å². The monoisotopic (exact) mass is 260 g/mol. The predicted octanol–water partition coefficient (Wildman–Crippen LogP) is 1.53. The highest BCUT2D eigenvalue weighted by molar-refractivity contribution is 7.92. The summed E-state index contributed by atoms with van der Waals surface area (Å²) in [5.74, 6) is 5.58. The molecule has 17 heavy (non-hydrogen) atoms. The van der Waals surface area contributed by atoms with E-state index in [0.717, 1.165) is 24.8 Å². The lowest BCUT2D eigenvalue weighted by Gasteiger charge is -2.34. The van der Waals surface area contributed by atoms with Gasteiger partial charge in [-0.15, -0.1) is 0 Å². The quantitative estimate of drug-likeness (QED) is 0.457. The molecule has 0 aliphatic heterocycles. The summed E-state index contributed by atoms with van der Waals surface area (Å²) < 4.78 is 22.8. The Kier molecular flexibility index (Phi) is 4.75. The number of sulfone groups is 1. The van der Waals surface area contributed by atoms with Crippen LogP contribution in [0, 0.1) is 0 Å². The molecular formula is C12H24N2O2S. The molecule has 1 aliphatic carbocycles. The summed E-state index contributed by atoms with van der Waals surface area (Å²) >= 11 is 0. The Hall–Kier alpha value is -0.390. The second-order valence-corrected chi connectivity index (χ2v) is 7.95. The molecule has 1 atom stereocenters. The lowest BCUT2D eigenvalue weighted by Crippen LogP contribution is -2.54. The summed E-state index contributed by atoms with van der Waals surface area (Å²) in [7, 11) is -3.16. The van der Waals surface area contributed by atoms with Crippen LogP contribution in [-0.4, -0.2) is 25.5 Å². The lowest BCUT2D eigenvalue weighted by molar-refractivity contribution is 0.446. The van der Waals surface area contributed by atoms with E-state index in [1.165, 1.54) is 19.1 Å². The van der Waals surface area contributed by atoms with E-state index in [4.69, 9.17) is 5.84 Å². The molecule has 4 nitrogen and oxygen atoms in total. The van der Waals surface area contributed by atoms with Crippen LogP contribution in [0.3, 0.4) is 0 Å². The fraction of sp³-hybridized carbons (Fsp3) is 0.833. The smallest absolute Gasteiger partial charge is 0.154 e. The van der Waals surface area contributed by atoms with Gasteiger partial charge in [-0.3, -0.25) is 11.3 Å². The van der Waals surface area contributed by atoms with Crippen molar-refractivity contribution in [1.82, 2.24) is 5.43 Å². The van der Waals surface area contributed by atoms with Gasteiger partial charge in [0.05, 0.1) is 10.8 Å². The molecule has 0 aromatic carbocycles. The third-order valence-corrected chi connectivity index (χ3v) is 5.91. The average Bonchev–Trinajstić information content (AvgIpc) is 2.45. The van der Waals surface area contributed by atoms with Crippen LogP contribution in [0.15, 0.2) is 11.6 Å². The van der Waals surface area contributed by atoms with E-state index in [1.807, 2.05) is 0 Å². The van der Waals surface area contributed by atoms with E-state index < -0.39 is 14.6 Å². The van der Waals surface area contributed by atoms with Crippen molar-refractivity contribution in [3.63, 3.8) is 0 Å². The minimum absolute atomic E-state index is 0.296. The Morgan fingerprint density at radius 2 is 2.00 bits per heavy atom. The highest BCUT2D eigenvalue weighted by Gasteiger charge is 2.40. The first-order valence-corrected chi connectivity index (χ1v) is 8.04. The van der Waals surface area contributed by atoms with E-state index >= 15 is 0 Å². The van der Waals surface area contributed by atoms with Crippen molar-refractivity contribution in [3.05, 3.63) is 11.6 Å². The van der Waals surface area contributed by atoms with Gasteiger partial charge >= 0.3 is 0 Å². The molecule has 0 saturated carbocycles. The molecule has 1 unspecified atom stereocenters. The summed E-state index contributed by atoms with van der Waals surface area (Å²) in [6.45, 7) is 3.47. The molecule has 1 aliphatic rings. The number of hydrogen-bond donors (Lipinski definition) is 2. The van der Waals surface area contributed by atoms with Gasteiger partial charge in [0, 0.05) is 6.26 Å². The number of nitrogens with two attached hydrogens (primary N) is 1. The second-order valence-electron chi connectivity index (χ2n) is 5.35. The van der Waals surface area contributed by atoms with E-state index in [2.05, 4.69) is 11.5 Å². The fourth-order valence-electron chi connectivity index (χ4n) is 2.27. The Labute approximate surface area is 105 Å². The highest BCUT2D eigenvalue weighted by Crippen LogP contribution is 2.29. The summed E-state index contributed by atoms with van der Waals surface area (Å²) in [5.41, 5.74) is 3.84. The molecule has 0 heterocycles. The largest absolute Gasteiger partial charge is 0.271 e. The molecule has 3 N–H and O–H groups in total. The van der Waals surface area contributed by atoms with Crippen LogP contribution in [0.4, 0.5) is 0 Å². The molecule has 0 bridgehead atoms. The van der Waals surface area contributed by atoms with Gasteiger partial charge < -0.3 is 0 Å². The van der Waals surface area contributed by atoms with Crippen molar-refractivity contribution in [3.8, 4) is 0 Å². The zero-order valence-corrected chi connectivity index (χ0v) is 11.8. The van der Waals surface area contributed by atoms with E-state index in [-0.39, 0.29) is 6.04 Å². The van der Waals surface area contributed by atoms with Crippen LogP contribution in [-0.2, 0) is 9.84 Å². The average molecular weight is 260 g/mol. The topological polar surface area (TPSA) is 72.2 Å². The van der Waals surface area contributed by atoms with E-state index in [0.29, 0.717) is 0 Å². The van der Waals surface area contributed by atoms with Gasteiger partial charge in [0.25, 0.3) is 0 Å². The van der Waals surface area contributed by atoms with E-state index in [9.17, 15) is 8.42 Å². The Morgan fingerprint density at radius 1 is 1.35 bits per heavy atom. The van der Waals surface area contributed by atoms with Crippen molar-refractivity contribution >= 4 is 9.84 Å². The molecule has 0 spiro atoms. The first-order valence-electron chi connectivity index (χ1n) is 6.15. The third-order valence-electron chi connectivity index (χ3n) is 3.76. The van der Waals surface area contributed by atoms with Crippen LogP contribution >= 0.6 is 0 Å². The Balaban J connectivity index is 3.02. The standard InChI is InChI=1S/C12H24N2O2S/c1-12(2,17(3,15)16)11(14-13)10-8-6-4-5-7-9-10/h8,11,14H,4-7,9,13H2,1-3H3. The molecule has 0 saturated heterocycles. The summed E-state index contributed by atoms with van der Waals surface area (Å²) in [6.07, 6.45) is 8.89. The number of allylic oxidation sites excluding steroid dienone is 1. The Morgan fingerprint density at radius 3 is 2.53 bits per heavy atom. The first-order chi connectivity index (χ1) is 7.80. The highest BCUT2D eigenvalue weighted by atomic mass is 32.2. The van der Waals surface area contributed by atoms with Crippen molar-refractivity contribution < 1.29 is 8.42 Å². The lowest BCUT2D eigenvalue weighted by atomic mass is 9.92. The summed E-state index contributed by atoms with van der Waals surface area (Å²) in [4.78, 5) is 0. The number of hydrogen-bond acceptors (Lipinski definition) is 4. The maximum Gasteiger partial charge on any atom is 0.154 e. The van der Waals surface area contributed by atoms with Crippen molar-refractivity contribution in [2.24, 2.45) is 5.84 Å². The molecule has 1 rings (SSSR count). The number of hydrazine groups is 1. The SMILES string of the molecule is CC(C)(C(NN)C1=CCCCCC1)S(C)(=O)=O. The third kappa shape index (κ3) is 3.30. The van der Waals surface area contributed by atoms with E-state index in [1.54, 1.807) is 13.8 Å². The van der Waals surface area contributed by atoms with Crippen LogP contribution in [0.1, 0.15) is 46.0 Å². The van der Waals surface area contributed by atoms with Crippen molar-refractivity contribution in [2.45, 2.75) is 56.7 Å². The van der Waals surface area contributed by atoms with Gasteiger partial charge in [0.1, 0.15) is 0 Å². The minimum atomic E-state index is -3.16. The molecule has 0 fully saturated rings. The molecule has 100 valence electrons. The van der Waals surface area contributed by atoms with Crippen LogP contribution in [0.5, 0.6) is 0 Å². The fourth-order valence-corrected chi connectivity index (χ4v) is 2.92. The first kappa shape index (κ1) is 14.7. The molecule has 0 aromatic heterocycles. The van der Waals surface area contributed by atoms with Gasteiger partial charge in [0.2, 0.25) is 0 Å².